The van der Waals surface area contributed by atoms with Crippen molar-refractivity contribution in [3.63, 3.8) is 0 Å². The van der Waals surface area contributed by atoms with Crippen LogP contribution < -0.4 is 10.5 Å². The van der Waals surface area contributed by atoms with Crippen molar-refractivity contribution in [2.24, 2.45) is 0 Å². The second kappa shape index (κ2) is 5.35. The first-order valence-corrected chi connectivity index (χ1v) is 6.11. The highest BCUT2D eigenvalue weighted by Crippen LogP contribution is 2.30. The van der Waals surface area contributed by atoms with Crippen molar-refractivity contribution in [2.75, 3.05) is 25.9 Å². The summed E-state index contributed by atoms with van der Waals surface area (Å²) in [5.74, 6) is -0.0319. The molecule has 0 bridgehead atoms. The Hall–Kier alpha value is -1.96. The maximum Gasteiger partial charge on any atom is 0.352 e. The standard InChI is InChI=1S/C11H17N5O3/c1-7-9(16(17)18)10(14-11(12)13-7)19-8-3-5-15(2)6-4-8/h8H,3-6H2,1-2H3,(H2,12,13,14). The minimum Gasteiger partial charge on any atom is -0.469 e. The molecular weight excluding hydrogens is 250 g/mol. The van der Waals surface area contributed by atoms with Crippen molar-refractivity contribution >= 4 is 11.6 Å². The fourth-order valence-electron chi connectivity index (χ4n) is 2.11. The third kappa shape index (κ3) is 3.08. The first-order valence-electron chi connectivity index (χ1n) is 6.11. The number of anilines is 1. The van der Waals surface area contributed by atoms with Gasteiger partial charge in [-0.2, -0.15) is 4.98 Å². The summed E-state index contributed by atoms with van der Waals surface area (Å²) in [4.78, 5) is 20.4. The number of nitro groups is 1. The summed E-state index contributed by atoms with van der Waals surface area (Å²) in [6, 6.07) is 0. The number of nitrogens with zero attached hydrogens (tertiary/aromatic N) is 4. The second-order valence-electron chi connectivity index (χ2n) is 4.70. The van der Waals surface area contributed by atoms with Crippen LogP contribution in [0.5, 0.6) is 5.88 Å². The molecule has 0 spiro atoms. The summed E-state index contributed by atoms with van der Waals surface area (Å²) in [6.45, 7) is 3.33. The Labute approximate surface area is 110 Å². The smallest absolute Gasteiger partial charge is 0.352 e. The van der Waals surface area contributed by atoms with Crippen molar-refractivity contribution < 1.29 is 9.66 Å². The Morgan fingerprint density at radius 3 is 2.63 bits per heavy atom. The number of likely N-dealkylation sites (tertiary alicyclic amines) is 1. The summed E-state index contributed by atoms with van der Waals surface area (Å²) in [5, 5.41) is 11.0. The number of piperidine rings is 1. The number of hydrogen-bond acceptors (Lipinski definition) is 7. The van der Waals surface area contributed by atoms with Crippen LogP contribution in [-0.2, 0) is 0 Å². The number of rotatable bonds is 3. The van der Waals surface area contributed by atoms with Gasteiger partial charge in [0.25, 0.3) is 5.88 Å². The maximum absolute atomic E-state index is 11.0. The van der Waals surface area contributed by atoms with Crippen LogP contribution in [0.15, 0.2) is 0 Å². The van der Waals surface area contributed by atoms with Crippen LogP contribution in [0.4, 0.5) is 11.6 Å². The van der Waals surface area contributed by atoms with Crippen LogP contribution >= 0.6 is 0 Å². The Morgan fingerprint density at radius 1 is 1.42 bits per heavy atom. The van der Waals surface area contributed by atoms with Gasteiger partial charge in [0, 0.05) is 13.1 Å². The Bertz CT molecular complexity index is 485. The van der Waals surface area contributed by atoms with Crippen molar-refractivity contribution in [3.8, 4) is 5.88 Å². The van der Waals surface area contributed by atoms with Crippen molar-refractivity contribution in [3.05, 3.63) is 15.8 Å². The minimum atomic E-state index is -0.529. The Balaban J connectivity index is 2.21. The molecule has 2 N–H and O–H groups in total. The molecule has 1 aliphatic rings. The topological polar surface area (TPSA) is 107 Å². The molecule has 1 aromatic heterocycles. The molecule has 19 heavy (non-hydrogen) atoms. The lowest BCUT2D eigenvalue weighted by atomic mass is 10.1. The molecule has 8 heteroatoms. The van der Waals surface area contributed by atoms with E-state index in [1.807, 2.05) is 7.05 Å². The van der Waals surface area contributed by atoms with Gasteiger partial charge in [0.2, 0.25) is 5.95 Å². The van der Waals surface area contributed by atoms with E-state index < -0.39 is 4.92 Å². The molecule has 1 aromatic rings. The summed E-state index contributed by atoms with van der Waals surface area (Å²) < 4.78 is 5.66. The lowest BCUT2D eigenvalue weighted by molar-refractivity contribution is -0.387. The highest BCUT2D eigenvalue weighted by molar-refractivity contribution is 5.47. The van der Waals surface area contributed by atoms with Gasteiger partial charge in [0.1, 0.15) is 11.8 Å². The number of hydrogen-bond donors (Lipinski definition) is 1. The number of nitrogen functional groups attached to an aromatic ring is 1. The molecule has 1 fully saturated rings. The normalized spacial score (nSPS) is 17.4. The van der Waals surface area contributed by atoms with Crippen LogP contribution in [0, 0.1) is 17.0 Å². The van der Waals surface area contributed by atoms with Crippen molar-refractivity contribution in [1.82, 2.24) is 14.9 Å². The van der Waals surface area contributed by atoms with E-state index in [1.165, 1.54) is 6.92 Å². The summed E-state index contributed by atoms with van der Waals surface area (Å²) in [6.07, 6.45) is 1.57. The first kappa shape index (κ1) is 13.5. The van der Waals surface area contributed by atoms with Gasteiger partial charge in [-0.15, -0.1) is 0 Å². The Kier molecular flexibility index (Phi) is 3.79. The van der Waals surface area contributed by atoms with Gasteiger partial charge in [-0.25, -0.2) is 4.98 Å². The molecule has 0 aliphatic carbocycles. The largest absolute Gasteiger partial charge is 0.469 e. The van der Waals surface area contributed by atoms with Crippen LogP contribution in [0.2, 0.25) is 0 Å². The number of aryl methyl sites for hydroxylation is 1. The SMILES string of the molecule is Cc1nc(N)nc(OC2CCN(C)CC2)c1[N+](=O)[O-]. The average Bonchev–Trinajstić information content (AvgIpc) is 2.30. The first-order chi connectivity index (χ1) is 8.97. The minimum absolute atomic E-state index is 0.00831. The third-order valence-corrected chi connectivity index (χ3v) is 3.17. The zero-order valence-corrected chi connectivity index (χ0v) is 11.0. The monoisotopic (exact) mass is 267 g/mol. The molecule has 2 heterocycles. The molecule has 8 nitrogen and oxygen atoms in total. The zero-order chi connectivity index (χ0) is 14.0. The summed E-state index contributed by atoms with van der Waals surface area (Å²) in [7, 11) is 2.03. The van der Waals surface area contributed by atoms with Gasteiger partial charge in [-0.1, -0.05) is 0 Å². The molecule has 0 amide bonds. The lowest BCUT2D eigenvalue weighted by Crippen LogP contribution is -2.36. The fourth-order valence-corrected chi connectivity index (χ4v) is 2.11. The van der Waals surface area contributed by atoms with Gasteiger partial charge in [-0.3, -0.25) is 10.1 Å². The number of nitrogens with two attached hydrogens (primary N) is 1. The summed E-state index contributed by atoms with van der Waals surface area (Å²) in [5.41, 5.74) is 5.54. The van der Waals surface area contributed by atoms with E-state index in [9.17, 15) is 10.1 Å². The molecule has 0 aromatic carbocycles. The number of ether oxygens (including phenoxy) is 1. The molecule has 1 aliphatic heterocycles. The third-order valence-electron chi connectivity index (χ3n) is 3.17. The van der Waals surface area contributed by atoms with Crippen LogP contribution in [-0.4, -0.2) is 46.0 Å². The predicted molar refractivity (Wildman–Crippen MR) is 69.0 cm³/mol. The lowest BCUT2D eigenvalue weighted by Gasteiger charge is -2.28. The zero-order valence-electron chi connectivity index (χ0n) is 11.0. The molecule has 1 saturated heterocycles. The van der Waals surface area contributed by atoms with E-state index >= 15 is 0 Å². The van der Waals surface area contributed by atoms with Gasteiger partial charge >= 0.3 is 5.69 Å². The predicted octanol–water partition coefficient (Wildman–Crippen LogP) is 0.748. The van der Waals surface area contributed by atoms with Crippen LogP contribution in [0.3, 0.4) is 0 Å². The van der Waals surface area contributed by atoms with Gasteiger partial charge < -0.3 is 15.4 Å². The van der Waals surface area contributed by atoms with E-state index in [1.54, 1.807) is 0 Å². The van der Waals surface area contributed by atoms with Crippen molar-refractivity contribution in [2.45, 2.75) is 25.9 Å². The molecule has 2 rings (SSSR count). The molecular formula is C11H17N5O3. The van der Waals surface area contributed by atoms with E-state index in [0.29, 0.717) is 0 Å². The van der Waals surface area contributed by atoms with E-state index in [-0.39, 0.29) is 29.3 Å². The van der Waals surface area contributed by atoms with Gasteiger partial charge in [-0.05, 0) is 26.8 Å². The fraction of sp³-hybridized carbons (Fsp3) is 0.636. The van der Waals surface area contributed by atoms with Crippen LogP contribution in [0.25, 0.3) is 0 Å². The average molecular weight is 267 g/mol. The molecule has 104 valence electrons. The highest BCUT2D eigenvalue weighted by atomic mass is 16.6. The highest BCUT2D eigenvalue weighted by Gasteiger charge is 2.27. The molecule has 0 radical (unpaired) electrons. The van der Waals surface area contributed by atoms with Crippen LogP contribution in [0.1, 0.15) is 18.5 Å². The van der Waals surface area contributed by atoms with E-state index in [4.69, 9.17) is 10.5 Å². The summed E-state index contributed by atoms with van der Waals surface area (Å²) >= 11 is 0. The van der Waals surface area contributed by atoms with Gasteiger partial charge in [0.05, 0.1) is 4.92 Å². The Morgan fingerprint density at radius 2 is 2.05 bits per heavy atom. The number of aromatic nitrogens is 2. The van der Waals surface area contributed by atoms with E-state index in [0.717, 1.165) is 25.9 Å². The van der Waals surface area contributed by atoms with E-state index in [2.05, 4.69) is 14.9 Å². The maximum atomic E-state index is 11.0. The molecule has 0 saturated carbocycles. The second-order valence-corrected chi connectivity index (χ2v) is 4.70. The quantitative estimate of drug-likeness (QED) is 0.635. The van der Waals surface area contributed by atoms with Crippen molar-refractivity contribution in [1.29, 1.82) is 0 Å². The molecule has 0 atom stereocenters. The molecule has 0 unspecified atom stereocenters. The van der Waals surface area contributed by atoms with Gasteiger partial charge in [0.15, 0.2) is 0 Å².